The van der Waals surface area contributed by atoms with Gasteiger partial charge in [0.1, 0.15) is 19.0 Å². The Balaban J connectivity index is 1.12. The van der Waals surface area contributed by atoms with Gasteiger partial charge in [0.25, 0.3) is 0 Å². The van der Waals surface area contributed by atoms with Crippen LogP contribution in [0.4, 0.5) is 4.79 Å². The molecule has 3 saturated heterocycles. The van der Waals surface area contributed by atoms with Crippen molar-refractivity contribution in [3.63, 3.8) is 0 Å². The summed E-state index contributed by atoms with van der Waals surface area (Å²) in [5.74, 6) is -3.20. The summed E-state index contributed by atoms with van der Waals surface area (Å²) >= 11 is 0. The molecular weight excluding hydrogens is 729 g/mol. The lowest BCUT2D eigenvalue weighted by Crippen LogP contribution is -2.34. The number of nitrogens with zero attached hydrogens (tertiary/aromatic N) is 1. The smallest absolute Gasteiger partial charge is 0.410 e. The zero-order valence-corrected chi connectivity index (χ0v) is 32.4. The van der Waals surface area contributed by atoms with E-state index in [2.05, 4.69) is 16.0 Å². The number of nitrogens with one attached hydrogen (secondary N) is 3. The molecule has 6 atom stereocenters. The van der Waals surface area contributed by atoms with Gasteiger partial charge in [0, 0.05) is 6.54 Å². The molecule has 3 aliphatic heterocycles. The molecule has 3 fully saturated rings. The van der Waals surface area contributed by atoms with Gasteiger partial charge in [-0.3, -0.25) is 14.4 Å². The van der Waals surface area contributed by atoms with Crippen LogP contribution in [0.1, 0.15) is 47.1 Å². The molecule has 6 rings (SSSR count). The van der Waals surface area contributed by atoms with Gasteiger partial charge in [0.05, 0.1) is 24.3 Å². The fourth-order valence-electron chi connectivity index (χ4n) is 8.62. The Morgan fingerprint density at radius 3 is 1.53 bits per heavy atom. The van der Waals surface area contributed by atoms with Crippen LogP contribution in [-0.4, -0.2) is 96.6 Å². The predicted molar refractivity (Wildman–Crippen MR) is 213 cm³/mol. The van der Waals surface area contributed by atoms with Crippen molar-refractivity contribution in [3.8, 4) is 5.75 Å². The molecule has 0 aliphatic carbocycles. The molecule has 0 unspecified atom stereocenters. The number of hydrogen-bond donors (Lipinski definition) is 6. The summed E-state index contributed by atoms with van der Waals surface area (Å²) in [6.07, 6.45) is 3.08. The summed E-state index contributed by atoms with van der Waals surface area (Å²) in [5, 5.41) is 39.7. The van der Waals surface area contributed by atoms with E-state index in [1.807, 2.05) is 72.8 Å². The molecule has 13 nitrogen and oxygen atoms in total. The minimum absolute atomic E-state index is 0.00812. The number of amides is 1. The number of carboxylic acid groups (broad SMARTS) is 3. The fourth-order valence-corrected chi connectivity index (χ4v) is 8.62. The van der Waals surface area contributed by atoms with Gasteiger partial charge in [-0.05, 0) is 135 Å². The van der Waals surface area contributed by atoms with Gasteiger partial charge in [-0.2, -0.15) is 0 Å². The normalized spacial score (nSPS) is 20.7. The van der Waals surface area contributed by atoms with Crippen LogP contribution in [0.15, 0.2) is 72.8 Å². The SMILES string of the molecule is O=C(O)[C@@H](Cc1cccc(COC(=O)N(CCOc2cccc(C[C@H](C(=O)O)[C@H]3CCNC3)c2)Cc2cccc(C[C@H](C(=O)O)[C@H]3CCNC3)c2)c1)[C@H]1CCNC1. The maximum Gasteiger partial charge on any atom is 0.410 e. The van der Waals surface area contributed by atoms with Gasteiger partial charge < -0.3 is 45.6 Å². The molecule has 3 aromatic carbocycles. The zero-order valence-electron chi connectivity index (χ0n) is 32.4. The van der Waals surface area contributed by atoms with Crippen LogP contribution >= 0.6 is 0 Å². The molecule has 0 spiro atoms. The van der Waals surface area contributed by atoms with Gasteiger partial charge in [-0.15, -0.1) is 0 Å². The van der Waals surface area contributed by atoms with E-state index in [4.69, 9.17) is 9.47 Å². The van der Waals surface area contributed by atoms with Gasteiger partial charge in [0.15, 0.2) is 0 Å². The molecule has 57 heavy (non-hydrogen) atoms. The Bertz CT molecular complexity index is 1820. The average molecular weight is 785 g/mol. The highest BCUT2D eigenvalue weighted by molar-refractivity contribution is 5.72. The number of carboxylic acids is 3. The zero-order chi connectivity index (χ0) is 40.1. The summed E-state index contributed by atoms with van der Waals surface area (Å²) in [4.78, 5) is 51.8. The van der Waals surface area contributed by atoms with Crippen molar-refractivity contribution >= 4 is 24.0 Å². The first kappa shape index (κ1) is 41.6. The van der Waals surface area contributed by atoms with Gasteiger partial charge in [0.2, 0.25) is 0 Å². The number of carbonyl (C=O) groups excluding carboxylic acids is 1. The second-order valence-corrected chi connectivity index (χ2v) is 15.8. The first-order valence-corrected chi connectivity index (χ1v) is 20.2. The molecule has 0 saturated carbocycles. The first-order chi connectivity index (χ1) is 27.6. The van der Waals surface area contributed by atoms with E-state index in [1.165, 1.54) is 0 Å². The molecule has 6 N–H and O–H groups in total. The predicted octanol–water partition coefficient (Wildman–Crippen LogP) is 4.46. The Morgan fingerprint density at radius 2 is 1.05 bits per heavy atom. The molecular formula is C44H56N4O9. The summed E-state index contributed by atoms with van der Waals surface area (Å²) in [5.41, 5.74) is 4.19. The minimum atomic E-state index is -0.812. The lowest BCUT2D eigenvalue weighted by molar-refractivity contribution is -0.144. The number of aliphatic carboxylic acids is 3. The Hall–Kier alpha value is -4.98. The number of hydrogen-bond acceptors (Lipinski definition) is 9. The van der Waals surface area contributed by atoms with Crippen molar-refractivity contribution in [2.45, 2.75) is 51.7 Å². The summed E-state index contributed by atoms with van der Waals surface area (Å²) in [7, 11) is 0. The Kier molecular flexibility index (Phi) is 14.9. The fraction of sp³-hybridized carbons (Fsp3) is 0.500. The molecule has 0 bridgehead atoms. The third-order valence-electron chi connectivity index (χ3n) is 11.8. The molecule has 306 valence electrons. The van der Waals surface area contributed by atoms with Crippen molar-refractivity contribution in [3.05, 3.63) is 101 Å². The third-order valence-corrected chi connectivity index (χ3v) is 11.8. The lowest BCUT2D eigenvalue weighted by atomic mass is 9.86. The van der Waals surface area contributed by atoms with Crippen molar-refractivity contribution in [1.29, 1.82) is 0 Å². The molecule has 0 radical (unpaired) electrons. The molecule has 3 aromatic rings. The topological polar surface area (TPSA) is 187 Å². The van der Waals surface area contributed by atoms with Crippen LogP contribution in [0, 0.1) is 35.5 Å². The minimum Gasteiger partial charge on any atom is -0.492 e. The molecule has 3 aliphatic rings. The van der Waals surface area contributed by atoms with E-state index < -0.39 is 41.8 Å². The maximum atomic E-state index is 13.8. The highest BCUT2D eigenvalue weighted by Gasteiger charge is 2.33. The van der Waals surface area contributed by atoms with Crippen LogP contribution in [0.2, 0.25) is 0 Å². The highest BCUT2D eigenvalue weighted by Crippen LogP contribution is 2.27. The van der Waals surface area contributed by atoms with Crippen LogP contribution in [0.3, 0.4) is 0 Å². The Labute approximate surface area is 334 Å². The third kappa shape index (κ3) is 12.0. The highest BCUT2D eigenvalue weighted by atomic mass is 16.6. The standard InChI is InChI=1S/C44H56N4O9/c49-41(50)38(34-10-13-45-24-34)21-29-4-1-7-32(18-29)27-48(16-17-56-37-9-3-6-31(20-37)23-40(43(53)54)36-12-15-47-26-36)44(55)57-28-33-8-2-5-30(19-33)22-39(42(51)52)35-11-14-46-25-35/h1-9,18-20,34-36,38-40,45-47H,10-17,21-28H2,(H,49,50)(H,51,52)(H,53,54)/t34-,35-,36-,38-,39-,40-/m0/s1. The summed E-state index contributed by atoms with van der Waals surface area (Å²) in [6, 6.07) is 22.6. The quantitative estimate of drug-likeness (QED) is 0.0947. The van der Waals surface area contributed by atoms with Crippen molar-refractivity contribution in [2.75, 3.05) is 52.4 Å². The Morgan fingerprint density at radius 1 is 0.614 bits per heavy atom. The first-order valence-electron chi connectivity index (χ1n) is 20.2. The van der Waals surface area contributed by atoms with Crippen LogP contribution in [0.5, 0.6) is 5.75 Å². The average Bonchev–Trinajstić information content (AvgIpc) is 4.03. The van der Waals surface area contributed by atoms with E-state index >= 15 is 0 Å². The molecule has 3 heterocycles. The number of ether oxygens (including phenoxy) is 2. The monoisotopic (exact) mass is 784 g/mol. The van der Waals surface area contributed by atoms with Crippen molar-refractivity contribution < 1.29 is 44.0 Å². The second kappa shape index (κ2) is 20.4. The number of benzene rings is 3. The van der Waals surface area contributed by atoms with Crippen molar-refractivity contribution in [1.82, 2.24) is 20.9 Å². The van der Waals surface area contributed by atoms with Crippen LogP contribution in [0.25, 0.3) is 0 Å². The largest absolute Gasteiger partial charge is 0.492 e. The van der Waals surface area contributed by atoms with E-state index in [0.717, 1.165) is 66.7 Å². The second-order valence-electron chi connectivity index (χ2n) is 15.8. The number of carbonyl (C=O) groups is 4. The van der Waals surface area contributed by atoms with Gasteiger partial charge >= 0.3 is 24.0 Å². The lowest BCUT2D eigenvalue weighted by Gasteiger charge is -2.24. The van der Waals surface area contributed by atoms with E-state index in [1.54, 1.807) is 4.90 Å². The van der Waals surface area contributed by atoms with Gasteiger partial charge in [-0.1, -0.05) is 60.7 Å². The van der Waals surface area contributed by atoms with Gasteiger partial charge in [-0.25, -0.2) is 4.79 Å². The summed E-state index contributed by atoms with van der Waals surface area (Å²) in [6.45, 7) is 5.01. The number of rotatable bonds is 20. The molecule has 13 heteroatoms. The van der Waals surface area contributed by atoms with Crippen molar-refractivity contribution in [2.24, 2.45) is 35.5 Å². The van der Waals surface area contributed by atoms with E-state index in [0.29, 0.717) is 44.6 Å². The van der Waals surface area contributed by atoms with Crippen LogP contribution in [-0.2, 0) is 51.5 Å². The van der Waals surface area contributed by atoms with Crippen LogP contribution < -0.4 is 20.7 Å². The van der Waals surface area contributed by atoms with E-state index in [-0.39, 0.29) is 44.1 Å². The molecule has 0 aromatic heterocycles. The maximum absolute atomic E-state index is 13.8. The molecule has 1 amide bonds. The summed E-state index contributed by atoms with van der Waals surface area (Å²) < 4.78 is 12.0. The van der Waals surface area contributed by atoms with E-state index in [9.17, 15) is 34.5 Å².